The van der Waals surface area contributed by atoms with E-state index >= 15 is 0 Å². The number of carbonyl (C=O) groups excluding carboxylic acids is 2. The van der Waals surface area contributed by atoms with Crippen molar-refractivity contribution in [2.45, 2.75) is 34.1 Å². The highest BCUT2D eigenvalue weighted by Gasteiger charge is 2.34. The fraction of sp³-hybridized carbons (Fsp3) is 0.579. The standard InChI is InChI=1S/C19H28N2O2/c1-15(2)11-20-13-19(3,4)14-21(12-18(20)23)17(22)10-16-8-6-5-7-9-16/h5-9,15H,10-14H2,1-4H3. The first-order valence-electron chi connectivity index (χ1n) is 8.36. The van der Waals surface area contributed by atoms with Gasteiger partial charge in [-0.1, -0.05) is 58.0 Å². The summed E-state index contributed by atoms with van der Waals surface area (Å²) in [5.74, 6) is 0.524. The Kier molecular flexibility index (Phi) is 5.45. The van der Waals surface area contributed by atoms with Gasteiger partial charge in [0.25, 0.3) is 0 Å². The van der Waals surface area contributed by atoms with E-state index in [1.165, 1.54) is 0 Å². The molecule has 1 aromatic rings. The molecule has 2 amide bonds. The van der Waals surface area contributed by atoms with Crippen LogP contribution < -0.4 is 0 Å². The molecule has 1 fully saturated rings. The lowest BCUT2D eigenvalue weighted by Crippen LogP contribution is -2.41. The second-order valence-corrected chi connectivity index (χ2v) is 7.74. The fourth-order valence-corrected chi connectivity index (χ4v) is 3.16. The number of benzene rings is 1. The lowest BCUT2D eigenvalue weighted by molar-refractivity contribution is -0.138. The molecule has 0 N–H and O–H groups in total. The summed E-state index contributed by atoms with van der Waals surface area (Å²) >= 11 is 0. The average molecular weight is 316 g/mol. The van der Waals surface area contributed by atoms with Crippen LogP contribution >= 0.6 is 0 Å². The number of carbonyl (C=O) groups is 2. The molecule has 0 radical (unpaired) electrons. The van der Waals surface area contributed by atoms with Crippen molar-refractivity contribution in [1.29, 1.82) is 0 Å². The maximum absolute atomic E-state index is 12.6. The van der Waals surface area contributed by atoms with Crippen LogP contribution in [0.5, 0.6) is 0 Å². The Morgan fingerprint density at radius 3 is 2.43 bits per heavy atom. The normalized spacial score (nSPS) is 18.2. The Hall–Kier alpha value is -1.84. The van der Waals surface area contributed by atoms with Gasteiger partial charge in [0.15, 0.2) is 0 Å². The summed E-state index contributed by atoms with van der Waals surface area (Å²) in [5, 5.41) is 0. The average Bonchev–Trinajstić information content (AvgIpc) is 2.56. The van der Waals surface area contributed by atoms with Crippen LogP contribution in [-0.2, 0) is 16.0 Å². The van der Waals surface area contributed by atoms with Gasteiger partial charge in [0.05, 0.1) is 13.0 Å². The van der Waals surface area contributed by atoms with Gasteiger partial charge >= 0.3 is 0 Å². The molecule has 0 saturated carbocycles. The van der Waals surface area contributed by atoms with Crippen molar-refractivity contribution in [3.05, 3.63) is 35.9 Å². The fourth-order valence-electron chi connectivity index (χ4n) is 3.16. The first kappa shape index (κ1) is 17.5. The SMILES string of the molecule is CC(C)CN1CC(C)(C)CN(C(=O)Cc2ccccc2)CC1=O. The van der Waals surface area contributed by atoms with Crippen molar-refractivity contribution < 1.29 is 9.59 Å². The first-order valence-corrected chi connectivity index (χ1v) is 8.36. The number of rotatable bonds is 4. The second kappa shape index (κ2) is 7.16. The zero-order valence-electron chi connectivity index (χ0n) is 14.7. The zero-order chi connectivity index (χ0) is 17.0. The van der Waals surface area contributed by atoms with E-state index in [-0.39, 0.29) is 23.8 Å². The number of hydrogen-bond donors (Lipinski definition) is 0. The van der Waals surface area contributed by atoms with Gasteiger partial charge in [-0.05, 0) is 16.9 Å². The molecule has 4 nitrogen and oxygen atoms in total. The molecule has 0 unspecified atom stereocenters. The maximum atomic E-state index is 12.6. The van der Waals surface area contributed by atoms with Gasteiger partial charge < -0.3 is 9.80 Å². The van der Waals surface area contributed by atoms with Gasteiger partial charge in [0.1, 0.15) is 0 Å². The van der Waals surface area contributed by atoms with Crippen molar-refractivity contribution in [1.82, 2.24) is 9.80 Å². The topological polar surface area (TPSA) is 40.6 Å². The number of amides is 2. The van der Waals surface area contributed by atoms with E-state index < -0.39 is 0 Å². The smallest absolute Gasteiger partial charge is 0.242 e. The largest absolute Gasteiger partial charge is 0.340 e. The van der Waals surface area contributed by atoms with Gasteiger partial charge in [0.2, 0.25) is 11.8 Å². The Balaban J connectivity index is 2.10. The van der Waals surface area contributed by atoms with Crippen LogP contribution in [0.25, 0.3) is 0 Å². The summed E-state index contributed by atoms with van der Waals surface area (Å²) in [7, 11) is 0. The summed E-state index contributed by atoms with van der Waals surface area (Å²) in [6.45, 7) is 10.8. The summed E-state index contributed by atoms with van der Waals surface area (Å²) in [4.78, 5) is 28.8. The molecule has 0 spiro atoms. The van der Waals surface area contributed by atoms with Crippen LogP contribution in [-0.4, -0.2) is 47.8 Å². The van der Waals surface area contributed by atoms with E-state index in [1.807, 2.05) is 35.2 Å². The van der Waals surface area contributed by atoms with Crippen molar-refractivity contribution in [3.8, 4) is 0 Å². The summed E-state index contributed by atoms with van der Waals surface area (Å²) in [5.41, 5.74) is 0.902. The summed E-state index contributed by atoms with van der Waals surface area (Å²) in [6.07, 6.45) is 0.356. The minimum atomic E-state index is -0.0899. The van der Waals surface area contributed by atoms with Gasteiger partial charge in [-0.2, -0.15) is 0 Å². The van der Waals surface area contributed by atoms with Crippen molar-refractivity contribution in [2.24, 2.45) is 11.3 Å². The highest BCUT2D eigenvalue weighted by molar-refractivity contribution is 5.86. The van der Waals surface area contributed by atoms with Crippen molar-refractivity contribution >= 4 is 11.8 Å². The van der Waals surface area contributed by atoms with Gasteiger partial charge in [-0.3, -0.25) is 9.59 Å². The Morgan fingerprint density at radius 2 is 1.83 bits per heavy atom. The molecule has 0 aliphatic carbocycles. The molecule has 0 bridgehead atoms. The number of nitrogens with zero attached hydrogens (tertiary/aromatic N) is 2. The molecule has 23 heavy (non-hydrogen) atoms. The van der Waals surface area contributed by atoms with Gasteiger partial charge in [0, 0.05) is 19.6 Å². The molecule has 1 aromatic carbocycles. The van der Waals surface area contributed by atoms with E-state index in [2.05, 4.69) is 27.7 Å². The van der Waals surface area contributed by atoms with Crippen LogP contribution in [0.2, 0.25) is 0 Å². The lowest BCUT2D eigenvalue weighted by atomic mass is 9.92. The monoisotopic (exact) mass is 316 g/mol. The van der Waals surface area contributed by atoms with Crippen LogP contribution in [0.15, 0.2) is 30.3 Å². The van der Waals surface area contributed by atoms with E-state index in [1.54, 1.807) is 4.90 Å². The predicted octanol–water partition coefficient (Wildman–Crippen LogP) is 2.58. The molecule has 1 saturated heterocycles. The molecule has 126 valence electrons. The van der Waals surface area contributed by atoms with E-state index in [0.717, 1.165) is 12.1 Å². The Labute approximate surface area is 139 Å². The molecule has 0 aromatic heterocycles. The van der Waals surface area contributed by atoms with Gasteiger partial charge in [-0.15, -0.1) is 0 Å². The maximum Gasteiger partial charge on any atom is 0.242 e. The molecular formula is C19H28N2O2. The van der Waals surface area contributed by atoms with Crippen molar-refractivity contribution in [3.63, 3.8) is 0 Å². The molecule has 1 aliphatic rings. The quantitative estimate of drug-likeness (QED) is 0.856. The minimum absolute atomic E-state index is 0.0315. The Morgan fingerprint density at radius 1 is 1.17 bits per heavy atom. The molecule has 2 rings (SSSR count). The summed E-state index contributed by atoms with van der Waals surface area (Å²) < 4.78 is 0. The Bertz CT molecular complexity index is 552. The second-order valence-electron chi connectivity index (χ2n) is 7.74. The van der Waals surface area contributed by atoms with Crippen molar-refractivity contribution in [2.75, 3.05) is 26.2 Å². The van der Waals surface area contributed by atoms with E-state index in [9.17, 15) is 9.59 Å². The third-order valence-electron chi connectivity index (χ3n) is 4.05. The number of hydrogen-bond acceptors (Lipinski definition) is 2. The molecule has 1 aliphatic heterocycles. The first-order chi connectivity index (χ1) is 10.8. The summed E-state index contributed by atoms with van der Waals surface area (Å²) in [6, 6.07) is 9.72. The molecular weight excluding hydrogens is 288 g/mol. The predicted molar refractivity (Wildman–Crippen MR) is 91.9 cm³/mol. The lowest BCUT2D eigenvalue weighted by Gasteiger charge is -2.31. The third-order valence-corrected chi connectivity index (χ3v) is 4.05. The van der Waals surface area contributed by atoms with E-state index in [4.69, 9.17) is 0 Å². The van der Waals surface area contributed by atoms with Crippen LogP contribution in [0.4, 0.5) is 0 Å². The zero-order valence-corrected chi connectivity index (χ0v) is 14.7. The molecule has 1 heterocycles. The molecule has 4 heteroatoms. The van der Waals surface area contributed by atoms with E-state index in [0.29, 0.717) is 25.4 Å². The third kappa shape index (κ3) is 5.08. The van der Waals surface area contributed by atoms with Crippen LogP contribution in [0, 0.1) is 11.3 Å². The van der Waals surface area contributed by atoms with Crippen LogP contribution in [0.1, 0.15) is 33.3 Å². The highest BCUT2D eigenvalue weighted by Crippen LogP contribution is 2.23. The van der Waals surface area contributed by atoms with Crippen LogP contribution in [0.3, 0.4) is 0 Å². The highest BCUT2D eigenvalue weighted by atomic mass is 16.2. The van der Waals surface area contributed by atoms with Gasteiger partial charge in [-0.25, -0.2) is 0 Å². The molecule has 0 atom stereocenters. The minimum Gasteiger partial charge on any atom is -0.340 e.